The SMILES string of the molecule is N#Cc1cccc(OCC(=O)NCc2cccc(CN3CCCC3)c2)c1. The number of hydrogen-bond acceptors (Lipinski definition) is 4. The summed E-state index contributed by atoms with van der Waals surface area (Å²) < 4.78 is 5.44. The molecule has 5 heteroatoms. The molecular formula is C21H23N3O2. The lowest BCUT2D eigenvalue weighted by atomic mass is 10.1. The largest absolute Gasteiger partial charge is 0.484 e. The van der Waals surface area contributed by atoms with Gasteiger partial charge in [-0.2, -0.15) is 5.26 Å². The highest BCUT2D eigenvalue weighted by molar-refractivity contribution is 5.77. The lowest BCUT2D eigenvalue weighted by Crippen LogP contribution is -2.28. The van der Waals surface area contributed by atoms with Crippen molar-refractivity contribution in [3.63, 3.8) is 0 Å². The minimum absolute atomic E-state index is 0.0671. The highest BCUT2D eigenvalue weighted by atomic mass is 16.5. The van der Waals surface area contributed by atoms with Crippen molar-refractivity contribution in [3.8, 4) is 11.8 Å². The van der Waals surface area contributed by atoms with Gasteiger partial charge in [0.15, 0.2) is 6.61 Å². The molecule has 1 fully saturated rings. The molecular weight excluding hydrogens is 326 g/mol. The van der Waals surface area contributed by atoms with Gasteiger partial charge in [-0.05, 0) is 55.3 Å². The van der Waals surface area contributed by atoms with E-state index in [1.165, 1.54) is 31.5 Å². The van der Waals surface area contributed by atoms with Crippen LogP contribution in [0, 0.1) is 11.3 Å². The van der Waals surface area contributed by atoms with Gasteiger partial charge in [0.1, 0.15) is 5.75 Å². The maximum absolute atomic E-state index is 12.0. The van der Waals surface area contributed by atoms with Gasteiger partial charge >= 0.3 is 0 Å². The summed E-state index contributed by atoms with van der Waals surface area (Å²) >= 11 is 0. The number of likely N-dealkylation sites (tertiary alicyclic amines) is 1. The fourth-order valence-corrected chi connectivity index (χ4v) is 3.09. The van der Waals surface area contributed by atoms with Crippen LogP contribution >= 0.6 is 0 Å². The number of nitriles is 1. The second-order valence-corrected chi connectivity index (χ2v) is 6.51. The fourth-order valence-electron chi connectivity index (χ4n) is 3.09. The molecule has 1 N–H and O–H groups in total. The van der Waals surface area contributed by atoms with Crippen molar-refractivity contribution in [2.24, 2.45) is 0 Å². The van der Waals surface area contributed by atoms with E-state index in [1.807, 2.05) is 18.2 Å². The molecule has 1 saturated heterocycles. The number of hydrogen-bond donors (Lipinski definition) is 1. The molecule has 0 spiro atoms. The molecule has 0 aromatic heterocycles. The third-order valence-electron chi connectivity index (χ3n) is 4.42. The lowest BCUT2D eigenvalue weighted by Gasteiger charge is -2.15. The molecule has 26 heavy (non-hydrogen) atoms. The summed E-state index contributed by atoms with van der Waals surface area (Å²) in [6.45, 7) is 3.73. The van der Waals surface area contributed by atoms with E-state index in [9.17, 15) is 4.79 Å². The molecule has 0 unspecified atom stereocenters. The first-order chi connectivity index (χ1) is 12.7. The molecule has 5 nitrogen and oxygen atoms in total. The predicted octanol–water partition coefficient (Wildman–Crippen LogP) is 2.85. The van der Waals surface area contributed by atoms with Crippen LogP contribution in [0.2, 0.25) is 0 Å². The average molecular weight is 349 g/mol. The zero-order valence-corrected chi connectivity index (χ0v) is 14.8. The summed E-state index contributed by atoms with van der Waals surface area (Å²) in [6, 6.07) is 17.2. The van der Waals surface area contributed by atoms with Gasteiger partial charge in [0.25, 0.3) is 5.91 Å². The molecule has 1 heterocycles. The Labute approximate surface area is 154 Å². The summed E-state index contributed by atoms with van der Waals surface area (Å²) in [5.74, 6) is 0.337. The Morgan fingerprint density at radius 2 is 1.88 bits per heavy atom. The van der Waals surface area contributed by atoms with Crippen LogP contribution < -0.4 is 10.1 Å². The molecule has 3 rings (SSSR count). The van der Waals surface area contributed by atoms with E-state index >= 15 is 0 Å². The van der Waals surface area contributed by atoms with Crippen LogP contribution in [-0.2, 0) is 17.9 Å². The fraction of sp³-hybridized carbons (Fsp3) is 0.333. The summed E-state index contributed by atoms with van der Waals surface area (Å²) in [4.78, 5) is 14.5. The van der Waals surface area contributed by atoms with Crippen LogP contribution in [0.25, 0.3) is 0 Å². The van der Waals surface area contributed by atoms with E-state index < -0.39 is 0 Å². The standard InChI is InChI=1S/C21H23N3O2/c22-13-17-5-4-8-20(12-17)26-16-21(25)23-14-18-6-3-7-19(11-18)15-24-9-1-2-10-24/h3-8,11-12H,1-2,9-10,14-16H2,(H,23,25). The second-order valence-electron chi connectivity index (χ2n) is 6.51. The molecule has 1 aliphatic rings. The summed E-state index contributed by atoms with van der Waals surface area (Å²) in [5, 5.41) is 11.8. The highest BCUT2D eigenvalue weighted by Gasteiger charge is 2.12. The van der Waals surface area contributed by atoms with Gasteiger partial charge in [0.05, 0.1) is 11.6 Å². The van der Waals surface area contributed by atoms with Crippen molar-refractivity contribution >= 4 is 5.91 Å². The predicted molar refractivity (Wildman–Crippen MR) is 99.5 cm³/mol. The van der Waals surface area contributed by atoms with Crippen molar-refractivity contribution < 1.29 is 9.53 Å². The quantitative estimate of drug-likeness (QED) is 0.835. The molecule has 1 aliphatic heterocycles. The molecule has 0 aliphatic carbocycles. The molecule has 1 amide bonds. The molecule has 2 aromatic carbocycles. The summed E-state index contributed by atoms with van der Waals surface area (Å²) in [6.07, 6.45) is 2.57. The number of amides is 1. The second kappa shape index (κ2) is 9.02. The maximum Gasteiger partial charge on any atom is 0.258 e. The van der Waals surface area contributed by atoms with E-state index in [0.717, 1.165) is 12.1 Å². The van der Waals surface area contributed by atoms with Crippen molar-refractivity contribution in [2.75, 3.05) is 19.7 Å². The van der Waals surface area contributed by atoms with E-state index in [-0.39, 0.29) is 12.5 Å². The zero-order chi connectivity index (χ0) is 18.2. The van der Waals surface area contributed by atoms with Crippen LogP contribution in [0.1, 0.15) is 29.5 Å². The van der Waals surface area contributed by atoms with Gasteiger partial charge in [-0.3, -0.25) is 9.69 Å². The maximum atomic E-state index is 12.0. The number of ether oxygens (including phenoxy) is 1. The molecule has 134 valence electrons. The number of benzene rings is 2. The molecule has 0 atom stereocenters. The Balaban J connectivity index is 1.45. The van der Waals surface area contributed by atoms with E-state index in [0.29, 0.717) is 17.9 Å². The van der Waals surface area contributed by atoms with Gasteiger partial charge < -0.3 is 10.1 Å². The number of nitrogens with zero attached hydrogens (tertiary/aromatic N) is 2. The van der Waals surface area contributed by atoms with Crippen LogP contribution in [-0.4, -0.2) is 30.5 Å². The number of carbonyl (C=O) groups excluding carboxylic acids is 1. The first-order valence-corrected chi connectivity index (χ1v) is 8.93. The van der Waals surface area contributed by atoms with E-state index in [4.69, 9.17) is 10.00 Å². The summed E-state index contributed by atoms with van der Waals surface area (Å²) in [7, 11) is 0. The van der Waals surface area contributed by atoms with Gasteiger partial charge in [-0.1, -0.05) is 30.3 Å². The number of nitrogens with one attached hydrogen (secondary N) is 1. The minimum atomic E-state index is -0.183. The van der Waals surface area contributed by atoms with Gasteiger partial charge in [-0.15, -0.1) is 0 Å². The minimum Gasteiger partial charge on any atom is -0.484 e. The van der Waals surface area contributed by atoms with E-state index in [2.05, 4.69) is 22.3 Å². The first kappa shape index (κ1) is 18.0. The summed E-state index contributed by atoms with van der Waals surface area (Å²) in [5.41, 5.74) is 2.88. The topological polar surface area (TPSA) is 65.4 Å². The van der Waals surface area contributed by atoms with Crippen LogP contribution in [0.15, 0.2) is 48.5 Å². The molecule has 0 bridgehead atoms. The van der Waals surface area contributed by atoms with Crippen LogP contribution in [0.4, 0.5) is 0 Å². The van der Waals surface area contributed by atoms with Crippen LogP contribution in [0.3, 0.4) is 0 Å². The Bertz CT molecular complexity index is 792. The van der Waals surface area contributed by atoms with Crippen molar-refractivity contribution in [3.05, 3.63) is 65.2 Å². The van der Waals surface area contributed by atoms with Crippen molar-refractivity contribution in [1.29, 1.82) is 5.26 Å². The van der Waals surface area contributed by atoms with Crippen LogP contribution in [0.5, 0.6) is 5.75 Å². The Morgan fingerprint density at radius 3 is 2.69 bits per heavy atom. The third kappa shape index (κ3) is 5.33. The monoisotopic (exact) mass is 349 g/mol. The van der Waals surface area contributed by atoms with E-state index in [1.54, 1.807) is 24.3 Å². The average Bonchev–Trinajstić information content (AvgIpc) is 3.18. The first-order valence-electron chi connectivity index (χ1n) is 8.93. The Hall–Kier alpha value is -2.84. The molecule has 0 radical (unpaired) electrons. The normalized spacial score (nSPS) is 14.0. The Morgan fingerprint density at radius 1 is 1.12 bits per heavy atom. The Kier molecular flexibility index (Phi) is 6.24. The highest BCUT2D eigenvalue weighted by Crippen LogP contribution is 2.14. The molecule has 0 saturated carbocycles. The van der Waals surface area contributed by atoms with Crippen molar-refractivity contribution in [2.45, 2.75) is 25.9 Å². The van der Waals surface area contributed by atoms with Gasteiger partial charge in [0, 0.05) is 13.1 Å². The zero-order valence-electron chi connectivity index (χ0n) is 14.8. The number of rotatable bonds is 7. The smallest absolute Gasteiger partial charge is 0.258 e. The van der Waals surface area contributed by atoms with Gasteiger partial charge in [0.2, 0.25) is 0 Å². The van der Waals surface area contributed by atoms with Gasteiger partial charge in [-0.25, -0.2) is 0 Å². The number of carbonyl (C=O) groups is 1. The molecule has 2 aromatic rings. The lowest BCUT2D eigenvalue weighted by molar-refractivity contribution is -0.123. The van der Waals surface area contributed by atoms with Crippen molar-refractivity contribution in [1.82, 2.24) is 10.2 Å². The third-order valence-corrected chi connectivity index (χ3v) is 4.42.